The number of nitrogens with zero attached hydrogens (tertiary/aromatic N) is 5. The number of H-pyrrole nitrogens is 1. The van der Waals surface area contributed by atoms with Gasteiger partial charge in [0.05, 0.1) is 29.1 Å². The number of rotatable bonds is 5. The highest BCUT2D eigenvalue weighted by atomic mass is 35.5. The van der Waals surface area contributed by atoms with Crippen LogP contribution in [0, 0.1) is 0 Å². The van der Waals surface area contributed by atoms with Crippen molar-refractivity contribution in [3.05, 3.63) is 53.7 Å². The van der Waals surface area contributed by atoms with E-state index in [1.807, 2.05) is 42.5 Å². The van der Waals surface area contributed by atoms with E-state index in [9.17, 15) is 0 Å². The molecule has 0 aliphatic carbocycles. The van der Waals surface area contributed by atoms with Crippen LogP contribution in [0.1, 0.15) is 0 Å². The summed E-state index contributed by atoms with van der Waals surface area (Å²) in [6, 6.07) is 13.7. The fourth-order valence-electron chi connectivity index (χ4n) is 3.74. The fourth-order valence-corrected chi connectivity index (χ4v) is 4.01. The smallest absolute Gasteiger partial charge is 0.259 e. The predicted molar refractivity (Wildman–Crippen MR) is 122 cm³/mol. The fraction of sp³-hybridized carbons (Fsp3) is 0.227. The molecule has 0 amide bonds. The Kier molecular flexibility index (Phi) is 5.19. The van der Waals surface area contributed by atoms with Gasteiger partial charge >= 0.3 is 0 Å². The van der Waals surface area contributed by atoms with Crippen molar-refractivity contribution in [1.29, 1.82) is 0 Å². The minimum Gasteiger partial charge on any atom is -0.459 e. The number of aromatic nitrogens is 4. The summed E-state index contributed by atoms with van der Waals surface area (Å²) in [4.78, 5) is 13.9. The van der Waals surface area contributed by atoms with Gasteiger partial charge in [0, 0.05) is 29.6 Å². The van der Waals surface area contributed by atoms with Gasteiger partial charge in [0.25, 0.3) is 5.88 Å². The Balaban J connectivity index is 1.59. The van der Waals surface area contributed by atoms with E-state index >= 15 is 0 Å². The van der Waals surface area contributed by atoms with Crippen molar-refractivity contribution < 1.29 is 4.74 Å². The molecule has 0 spiro atoms. The second-order valence-corrected chi connectivity index (χ2v) is 8.07. The van der Waals surface area contributed by atoms with Crippen molar-refractivity contribution in [3.8, 4) is 28.4 Å². The molecule has 4 aromatic rings. The number of nitrogens with one attached hydrogen (secondary N) is 1. The molecule has 0 unspecified atom stereocenters. The molecule has 0 saturated carbocycles. The lowest BCUT2D eigenvalue weighted by molar-refractivity contribution is 0.131. The van der Waals surface area contributed by atoms with Crippen molar-refractivity contribution in [2.24, 2.45) is 0 Å². The van der Waals surface area contributed by atoms with Gasteiger partial charge in [0.2, 0.25) is 0 Å². The highest BCUT2D eigenvalue weighted by molar-refractivity contribution is 6.35. The van der Waals surface area contributed by atoms with E-state index in [4.69, 9.17) is 27.1 Å². The summed E-state index contributed by atoms with van der Waals surface area (Å²) < 4.78 is 5.97. The number of nitrogens with two attached hydrogens (primary N) is 1. The van der Waals surface area contributed by atoms with Crippen molar-refractivity contribution in [1.82, 2.24) is 30.0 Å². The first-order valence-corrected chi connectivity index (χ1v) is 10.4. The van der Waals surface area contributed by atoms with Crippen molar-refractivity contribution >= 4 is 28.3 Å². The van der Waals surface area contributed by atoms with E-state index in [2.05, 4.69) is 32.0 Å². The molecule has 0 radical (unpaired) electrons. The van der Waals surface area contributed by atoms with Crippen molar-refractivity contribution in [2.75, 3.05) is 39.3 Å². The Labute approximate surface area is 184 Å². The first kappa shape index (κ1) is 19.7. The highest BCUT2D eigenvalue weighted by Gasteiger charge is 2.20. The monoisotopic (exact) mass is 435 g/mol. The zero-order valence-electron chi connectivity index (χ0n) is 17.0. The summed E-state index contributed by atoms with van der Waals surface area (Å²) in [5, 5.41) is 8.46. The second-order valence-electron chi connectivity index (χ2n) is 7.66. The Bertz CT molecular complexity index is 1230. The number of ether oxygens (including phenoxy) is 1. The van der Waals surface area contributed by atoms with Gasteiger partial charge < -0.3 is 10.5 Å². The lowest BCUT2D eigenvalue weighted by Gasteiger charge is -2.18. The van der Waals surface area contributed by atoms with Crippen LogP contribution in [-0.4, -0.2) is 63.5 Å². The van der Waals surface area contributed by atoms with Gasteiger partial charge in [-0.25, -0.2) is 9.97 Å². The number of anilines is 1. The van der Waals surface area contributed by atoms with Crippen LogP contribution in [0.3, 0.4) is 0 Å². The van der Waals surface area contributed by atoms with Crippen LogP contribution >= 0.6 is 11.6 Å². The lowest BCUT2D eigenvalue weighted by atomic mass is 10.0. The molecule has 0 atom stereocenters. The maximum Gasteiger partial charge on any atom is 0.259 e. The first-order valence-electron chi connectivity index (χ1n) is 9.98. The van der Waals surface area contributed by atoms with Gasteiger partial charge in [-0.2, -0.15) is 5.10 Å². The van der Waals surface area contributed by atoms with Gasteiger partial charge in [-0.3, -0.25) is 14.9 Å². The van der Waals surface area contributed by atoms with Gasteiger partial charge in [-0.05, 0) is 19.2 Å². The van der Waals surface area contributed by atoms with E-state index < -0.39 is 0 Å². The summed E-state index contributed by atoms with van der Waals surface area (Å²) in [5.74, 6) is 0.568. The van der Waals surface area contributed by atoms with E-state index in [0.717, 1.165) is 41.8 Å². The number of likely N-dealkylation sites (N-methyl/N-ethyl adjacent to an activating group) is 1. The number of hydrogen-bond donors (Lipinski definition) is 2. The molecule has 2 aromatic carbocycles. The Hall–Kier alpha value is -3.20. The molecule has 1 aliphatic rings. The molecular weight excluding hydrogens is 414 g/mol. The topological polar surface area (TPSA) is 96.2 Å². The number of fused-ring (bicyclic) bond motifs is 1. The third kappa shape index (κ3) is 3.93. The SMILES string of the molecule is CN1CCN(COc2nc(-c3cc(Cl)c4[nH]ncc4c3)c(-c3ccccc3)nc2N)C1. The summed E-state index contributed by atoms with van der Waals surface area (Å²) in [5.41, 5.74) is 10.1. The number of nitrogen functional groups attached to an aromatic ring is 1. The third-order valence-corrected chi connectivity index (χ3v) is 5.63. The molecule has 1 saturated heterocycles. The van der Waals surface area contributed by atoms with Gasteiger partial charge in [0.1, 0.15) is 12.4 Å². The van der Waals surface area contributed by atoms with E-state index in [-0.39, 0.29) is 5.82 Å². The predicted octanol–water partition coefficient (Wildman–Crippen LogP) is 3.46. The maximum atomic E-state index is 6.50. The van der Waals surface area contributed by atoms with Crippen LogP contribution in [0.4, 0.5) is 5.82 Å². The summed E-state index contributed by atoms with van der Waals surface area (Å²) in [6.07, 6.45) is 1.74. The van der Waals surface area contributed by atoms with Crippen LogP contribution in [0.2, 0.25) is 5.02 Å². The molecule has 0 bridgehead atoms. The third-order valence-electron chi connectivity index (χ3n) is 5.33. The maximum absolute atomic E-state index is 6.50. The standard InChI is InChI=1S/C22H22ClN7O/c1-29-7-8-30(12-29)13-31-22-21(24)26-19(14-5-3-2-4-6-14)20(27-22)15-9-16-11-25-28-18(16)17(23)10-15/h2-6,9-11H,7-8,12-13H2,1H3,(H2,24,26)(H,25,28). The van der Waals surface area contributed by atoms with Crippen LogP contribution < -0.4 is 10.5 Å². The quantitative estimate of drug-likeness (QED) is 0.495. The molecule has 158 valence electrons. The van der Waals surface area contributed by atoms with Crippen LogP contribution in [0.15, 0.2) is 48.7 Å². The largest absolute Gasteiger partial charge is 0.459 e. The number of hydrogen-bond acceptors (Lipinski definition) is 7. The summed E-state index contributed by atoms with van der Waals surface area (Å²) in [7, 11) is 2.08. The van der Waals surface area contributed by atoms with Crippen LogP contribution in [0.5, 0.6) is 5.88 Å². The summed E-state index contributed by atoms with van der Waals surface area (Å²) in [6.45, 7) is 3.18. The zero-order chi connectivity index (χ0) is 21.4. The molecule has 2 aromatic heterocycles. The van der Waals surface area contributed by atoms with E-state index in [0.29, 0.717) is 29.0 Å². The Morgan fingerprint density at radius 2 is 1.90 bits per heavy atom. The molecule has 3 heterocycles. The van der Waals surface area contributed by atoms with Crippen molar-refractivity contribution in [3.63, 3.8) is 0 Å². The average molecular weight is 436 g/mol. The van der Waals surface area contributed by atoms with Crippen molar-refractivity contribution in [2.45, 2.75) is 0 Å². The molecule has 1 fully saturated rings. The molecule has 8 nitrogen and oxygen atoms in total. The molecular formula is C22H22ClN7O. The van der Waals surface area contributed by atoms with E-state index in [1.165, 1.54) is 0 Å². The van der Waals surface area contributed by atoms with Gasteiger partial charge in [0.15, 0.2) is 5.82 Å². The lowest BCUT2D eigenvalue weighted by Crippen LogP contribution is -2.27. The van der Waals surface area contributed by atoms with Crippen LogP contribution in [-0.2, 0) is 0 Å². The second kappa shape index (κ2) is 8.14. The molecule has 31 heavy (non-hydrogen) atoms. The van der Waals surface area contributed by atoms with Crippen LogP contribution in [0.25, 0.3) is 33.4 Å². The number of benzene rings is 2. The first-order chi connectivity index (χ1) is 15.1. The molecule has 1 aliphatic heterocycles. The molecule has 9 heteroatoms. The number of aromatic amines is 1. The Morgan fingerprint density at radius 3 is 2.68 bits per heavy atom. The Morgan fingerprint density at radius 1 is 1.10 bits per heavy atom. The van der Waals surface area contributed by atoms with Gasteiger partial charge in [-0.1, -0.05) is 41.9 Å². The zero-order valence-corrected chi connectivity index (χ0v) is 17.8. The molecule has 3 N–H and O–H groups in total. The minimum absolute atomic E-state index is 0.255. The normalized spacial score (nSPS) is 15.0. The summed E-state index contributed by atoms with van der Waals surface area (Å²) >= 11 is 6.50. The van der Waals surface area contributed by atoms with E-state index in [1.54, 1.807) is 6.20 Å². The van der Waals surface area contributed by atoms with Gasteiger partial charge in [-0.15, -0.1) is 0 Å². The highest BCUT2D eigenvalue weighted by Crippen LogP contribution is 2.36. The average Bonchev–Trinajstić information content (AvgIpc) is 3.42. The number of halogens is 1. The minimum atomic E-state index is 0.255. The molecule has 5 rings (SSSR count).